The van der Waals surface area contributed by atoms with Gasteiger partial charge in [-0.3, -0.25) is 4.98 Å². The first-order chi connectivity index (χ1) is 9.16. The van der Waals surface area contributed by atoms with E-state index >= 15 is 0 Å². The van der Waals surface area contributed by atoms with E-state index in [4.69, 9.17) is 5.11 Å². The van der Waals surface area contributed by atoms with Gasteiger partial charge in [0, 0.05) is 18.8 Å². The average molecular weight is 262 g/mol. The fourth-order valence-electron chi connectivity index (χ4n) is 2.72. The highest BCUT2D eigenvalue weighted by molar-refractivity contribution is 5.87. The second kappa shape index (κ2) is 6.66. The highest BCUT2D eigenvalue weighted by Gasteiger charge is 2.19. The molecule has 1 aromatic heterocycles. The SMILES string of the molecule is C[C@H](NCc1ccc(C(=O)O)cn1)C1CCCCC1. The second-order valence-corrected chi connectivity index (χ2v) is 5.41. The molecule has 0 spiro atoms. The van der Waals surface area contributed by atoms with Crippen LogP contribution in [-0.2, 0) is 6.54 Å². The lowest BCUT2D eigenvalue weighted by molar-refractivity contribution is 0.0696. The Morgan fingerprint density at radius 2 is 2.16 bits per heavy atom. The summed E-state index contributed by atoms with van der Waals surface area (Å²) in [6.45, 7) is 2.94. The summed E-state index contributed by atoms with van der Waals surface area (Å²) in [6, 6.07) is 3.89. The van der Waals surface area contributed by atoms with Crippen molar-refractivity contribution in [3.05, 3.63) is 29.6 Å². The quantitative estimate of drug-likeness (QED) is 0.856. The number of carboxylic acid groups (broad SMARTS) is 1. The molecule has 4 nitrogen and oxygen atoms in total. The number of carbonyl (C=O) groups is 1. The molecule has 4 heteroatoms. The molecule has 1 aliphatic rings. The van der Waals surface area contributed by atoms with Gasteiger partial charge in [0.15, 0.2) is 0 Å². The maximum Gasteiger partial charge on any atom is 0.337 e. The van der Waals surface area contributed by atoms with Gasteiger partial charge in [-0.2, -0.15) is 0 Å². The lowest BCUT2D eigenvalue weighted by Crippen LogP contribution is -2.34. The van der Waals surface area contributed by atoms with E-state index in [1.54, 1.807) is 12.1 Å². The summed E-state index contributed by atoms with van der Waals surface area (Å²) in [5.74, 6) is -0.158. The van der Waals surface area contributed by atoms with E-state index < -0.39 is 5.97 Å². The highest BCUT2D eigenvalue weighted by Crippen LogP contribution is 2.26. The number of hydrogen-bond donors (Lipinski definition) is 2. The van der Waals surface area contributed by atoms with Gasteiger partial charge in [0.25, 0.3) is 0 Å². The molecule has 1 fully saturated rings. The normalized spacial score (nSPS) is 18.2. The van der Waals surface area contributed by atoms with Crippen LogP contribution in [0.15, 0.2) is 18.3 Å². The zero-order chi connectivity index (χ0) is 13.7. The van der Waals surface area contributed by atoms with Crippen LogP contribution in [0.4, 0.5) is 0 Å². The lowest BCUT2D eigenvalue weighted by Gasteiger charge is -2.28. The molecule has 1 heterocycles. The molecule has 1 aliphatic carbocycles. The van der Waals surface area contributed by atoms with E-state index in [1.165, 1.54) is 38.3 Å². The van der Waals surface area contributed by atoms with Crippen LogP contribution < -0.4 is 5.32 Å². The number of nitrogens with zero attached hydrogens (tertiary/aromatic N) is 1. The van der Waals surface area contributed by atoms with Crippen LogP contribution in [-0.4, -0.2) is 22.1 Å². The van der Waals surface area contributed by atoms with Gasteiger partial charge in [0.05, 0.1) is 11.3 Å². The van der Waals surface area contributed by atoms with Gasteiger partial charge in [-0.1, -0.05) is 19.3 Å². The third kappa shape index (κ3) is 4.03. The van der Waals surface area contributed by atoms with Crippen molar-refractivity contribution in [1.29, 1.82) is 0 Å². The molecule has 2 rings (SSSR count). The van der Waals surface area contributed by atoms with E-state index in [0.29, 0.717) is 12.6 Å². The van der Waals surface area contributed by atoms with E-state index in [0.717, 1.165) is 11.6 Å². The zero-order valence-electron chi connectivity index (χ0n) is 11.4. The molecule has 0 amide bonds. The monoisotopic (exact) mass is 262 g/mol. The van der Waals surface area contributed by atoms with Crippen LogP contribution in [0.2, 0.25) is 0 Å². The molecular weight excluding hydrogens is 240 g/mol. The van der Waals surface area contributed by atoms with Gasteiger partial charge < -0.3 is 10.4 Å². The largest absolute Gasteiger partial charge is 0.478 e. The first-order valence-corrected chi connectivity index (χ1v) is 7.08. The minimum atomic E-state index is -0.928. The van der Waals surface area contributed by atoms with E-state index in [1.807, 2.05) is 0 Å². The third-order valence-corrected chi connectivity index (χ3v) is 4.03. The maximum absolute atomic E-state index is 10.7. The van der Waals surface area contributed by atoms with Crippen LogP contribution >= 0.6 is 0 Å². The molecule has 0 aliphatic heterocycles. The second-order valence-electron chi connectivity index (χ2n) is 5.41. The molecule has 0 radical (unpaired) electrons. The summed E-state index contributed by atoms with van der Waals surface area (Å²) in [5.41, 5.74) is 1.14. The molecule has 0 bridgehead atoms. The van der Waals surface area contributed by atoms with Crippen LogP contribution in [0.25, 0.3) is 0 Å². The molecular formula is C15H22N2O2. The summed E-state index contributed by atoms with van der Waals surface area (Å²) in [4.78, 5) is 14.9. The molecule has 0 aromatic carbocycles. The number of rotatable bonds is 5. The first-order valence-electron chi connectivity index (χ1n) is 7.08. The van der Waals surface area contributed by atoms with Gasteiger partial charge in [-0.25, -0.2) is 4.79 Å². The summed E-state index contributed by atoms with van der Waals surface area (Å²) in [7, 11) is 0. The van der Waals surface area contributed by atoms with Crippen molar-refractivity contribution in [2.45, 2.75) is 51.6 Å². The van der Waals surface area contributed by atoms with Crippen molar-refractivity contribution in [3.63, 3.8) is 0 Å². The molecule has 1 aromatic rings. The molecule has 1 saturated carbocycles. The number of nitrogens with one attached hydrogen (secondary N) is 1. The molecule has 1 atom stereocenters. The van der Waals surface area contributed by atoms with Crippen LogP contribution in [0.3, 0.4) is 0 Å². The van der Waals surface area contributed by atoms with Crippen molar-refractivity contribution < 1.29 is 9.90 Å². The standard InChI is InChI=1S/C15H22N2O2/c1-11(12-5-3-2-4-6-12)16-10-14-8-7-13(9-17-14)15(18)19/h7-9,11-12,16H,2-6,10H2,1H3,(H,18,19)/t11-/m0/s1. The Morgan fingerprint density at radius 3 is 2.74 bits per heavy atom. The predicted octanol–water partition coefficient (Wildman–Crippen LogP) is 2.84. The number of pyridine rings is 1. The third-order valence-electron chi connectivity index (χ3n) is 4.03. The van der Waals surface area contributed by atoms with Gasteiger partial charge in [0.1, 0.15) is 0 Å². The van der Waals surface area contributed by atoms with Crippen molar-refractivity contribution in [2.24, 2.45) is 5.92 Å². The van der Waals surface area contributed by atoms with Crippen molar-refractivity contribution >= 4 is 5.97 Å². The number of hydrogen-bond acceptors (Lipinski definition) is 3. The summed E-state index contributed by atoms with van der Waals surface area (Å²) < 4.78 is 0. The van der Waals surface area contributed by atoms with E-state index in [-0.39, 0.29) is 5.56 Å². The van der Waals surface area contributed by atoms with Crippen LogP contribution in [0.1, 0.15) is 55.1 Å². The average Bonchev–Trinajstić information content (AvgIpc) is 2.46. The van der Waals surface area contributed by atoms with Crippen LogP contribution in [0, 0.1) is 5.92 Å². The van der Waals surface area contributed by atoms with E-state index in [2.05, 4.69) is 17.2 Å². The fourth-order valence-corrected chi connectivity index (χ4v) is 2.72. The van der Waals surface area contributed by atoms with Crippen molar-refractivity contribution in [3.8, 4) is 0 Å². The van der Waals surface area contributed by atoms with Gasteiger partial charge in [-0.15, -0.1) is 0 Å². The molecule has 0 unspecified atom stereocenters. The zero-order valence-corrected chi connectivity index (χ0v) is 11.4. The minimum Gasteiger partial charge on any atom is -0.478 e. The molecule has 104 valence electrons. The van der Waals surface area contributed by atoms with Crippen molar-refractivity contribution in [2.75, 3.05) is 0 Å². The maximum atomic E-state index is 10.7. The Kier molecular flexibility index (Phi) is 4.91. The molecule has 0 saturated heterocycles. The first kappa shape index (κ1) is 14.0. The number of carboxylic acids is 1. The highest BCUT2D eigenvalue weighted by atomic mass is 16.4. The predicted molar refractivity (Wildman–Crippen MR) is 74.1 cm³/mol. The Balaban J connectivity index is 1.82. The number of aromatic carboxylic acids is 1. The van der Waals surface area contributed by atoms with E-state index in [9.17, 15) is 4.79 Å². The lowest BCUT2D eigenvalue weighted by atomic mass is 9.84. The summed E-state index contributed by atoms with van der Waals surface area (Å²) in [5, 5.41) is 12.3. The fraction of sp³-hybridized carbons (Fsp3) is 0.600. The Hall–Kier alpha value is -1.42. The minimum absolute atomic E-state index is 0.240. The molecule has 19 heavy (non-hydrogen) atoms. The van der Waals surface area contributed by atoms with Crippen LogP contribution in [0.5, 0.6) is 0 Å². The van der Waals surface area contributed by atoms with Gasteiger partial charge in [-0.05, 0) is 37.8 Å². The Bertz CT molecular complexity index is 411. The molecule has 2 N–H and O–H groups in total. The summed E-state index contributed by atoms with van der Waals surface area (Å²) >= 11 is 0. The number of aromatic nitrogens is 1. The topological polar surface area (TPSA) is 62.2 Å². The Morgan fingerprint density at radius 1 is 1.42 bits per heavy atom. The van der Waals surface area contributed by atoms with Gasteiger partial charge >= 0.3 is 5.97 Å². The van der Waals surface area contributed by atoms with Crippen molar-refractivity contribution in [1.82, 2.24) is 10.3 Å². The Labute approximate surface area is 114 Å². The smallest absolute Gasteiger partial charge is 0.337 e. The van der Waals surface area contributed by atoms with Gasteiger partial charge in [0.2, 0.25) is 0 Å². The summed E-state index contributed by atoms with van der Waals surface area (Å²) in [6.07, 6.45) is 8.13.